The van der Waals surface area contributed by atoms with E-state index in [9.17, 15) is 19.0 Å². The van der Waals surface area contributed by atoms with Crippen molar-refractivity contribution in [2.24, 2.45) is 0 Å². The zero-order chi connectivity index (χ0) is 56.3. The zero-order valence-electron chi connectivity index (χ0n) is 50.9. The number of likely N-dealkylation sites (N-methyl/N-ethyl adjacent to an activating group) is 1. The Morgan fingerprint density at radius 3 is 1.10 bits per heavy atom. The lowest BCUT2D eigenvalue weighted by Gasteiger charge is -2.24. The number of carbonyl (C=O) groups is 2. The van der Waals surface area contributed by atoms with Crippen LogP contribution in [0.3, 0.4) is 0 Å². The highest BCUT2D eigenvalue weighted by molar-refractivity contribution is 7.47. The van der Waals surface area contributed by atoms with Crippen molar-refractivity contribution in [2.75, 3.05) is 47.5 Å². The van der Waals surface area contributed by atoms with Crippen LogP contribution in [0.4, 0.5) is 0 Å². The summed E-state index contributed by atoms with van der Waals surface area (Å²) in [6, 6.07) is 0. The first kappa shape index (κ1) is 74.5. The lowest BCUT2D eigenvalue weighted by molar-refractivity contribution is -0.870. The zero-order valence-corrected chi connectivity index (χ0v) is 51.8. The second-order valence-electron chi connectivity index (χ2n) is 22.8. The van der Waals surface area contributed by atoms with Crippen LogP contribution in [0, 0.1) is 0 Å². The maximum absolute atomic E-state index is 12.8. The monoisotopic (exact) mass is 1100 g/mol. The van der Waals surface area contributed by atoms with Gasteiger partial charge in [-0.25, -0.2) is 4.57 Å². The molecule has 448 valence electrons. The van der Waals surface area contributed by atoms with Gasteiger partial charge in [-0.1, -0.05) is 286 Å². The van der Waals surface area contributed by atoms with Gasteiger partial charge in [-0.3, -0.25) is 18.6 Å². The second kappa shape index (κ2) is 58.1. The Labute approximate surface area is 476 Å². The number of rotatable bonds is 59. The molecule has 2 atom stereocenters. The van der Waals surface area contributed by atoms with Crippen LogP contribution in [0.5, 0.6) is 0 Å². The van der Waals surface area contributed by atoms with Gasteiger partial charge in [-0.05, 0) is 64.2 Å². The summed E-state index contributed by atoms with van der Waals surface area (Å²) in [6.07, 6.45) is 77.0. The highest BCUT2D eigenvalue weighted by atomic mass is 31.2. The number of quaternary nitrogens is 1. The first-order valence-electron chi connectivity index (χ1n) is 32.2. The van der Waals surface area contributed by atoms with Gasteiger partial charge >= 0.3 is 19.8 Å². The van der Waals surface area contributed by atoms with E-state index in [-0.39, 0.29) is 32.0 Å². The summed E-state index contributed by atoms with van der Waals surface area (Å²) < 4.78 is 34.6. The molecule has 0 bridgehead atoms. The third kappa shape index (κ3) is 62.5. The van der Waals surface area contributed by atoms with Crippen molar-refractivity contribution in [1.82, 2.24) is 0 Å². The number of allylic oxidation sites excluding steroid dienone is 12. The molecule has 0 amide bonds. The smallest absolute Gasteiger partial charge is 0.462 e. The Kier molecular flexibility index (Phi) is 56.2. The Morgan fingerprint density at radius 1 is 0.416 bits per heavy atom. The maximum atomic E-state index is 12.8. The van der Waals surface area contributed by atoms with Crippen LogP contribution in [-0.2, 0) is 32.7 Å². The van der Waals surface area contributed by atoms with Crippen LogP contribution in [0.2, 0.25) is 0 Å². The highest BCUT2D eigenvalue weighted by Gasteiger charge is 2.27. The minimum atomic E-state index is -4.40. The van der Waals surface area contributed by atoms with E-state index in [0.29, 0.717) is 17.4 Å². The lowest BCUT2D eigenvalue weighted by Crippen LogP contribution is -2.37. The molecule has 0 saturated heterocycles. The minimum Gasteiger partial charge on any atom is -0.462 e. The summed E-state index contributed by atoms with van der Waals surface area (Å²) >= 11 is 0. The minimum absolute atomic E-state index is 0.0267. The Bertz CT molecular complexity index is 1530. The van der Waals surface area contributed by atoms with E-state index in [4.69, 9.17) is 18.5 Å². The number of esters is 2. The van der Waals surface area contributed by atoms with E-state index in [2.05, 4.69) is 86.8 Å². The van der Waals surface area contributed by atoms with Crippen LogP contribution in [-0.4, -0.2) is 74.9 Å². The van der Waals surface area contributed by atoms with Gasteiger partial charge in [0, 0.05) is 12.8 Å². The molecular formula is C67H123NO8P+. The SMILES string of the molecule is CC/C=C\C/C=C\C/C=C\C/C=C\C/C=C\C/C=C\CCCCCCCCC(=O)OC(COC(=O)CCCCCCCCCCCCCCCCCCCCCCCCCCCCCC)COP(=O)(O)OCC[N+](C)(C)C. The predicted molar refractivity (Wildman–Crippen MR) is 330 cm³/mol. The third-order valence-corrected chi connectivity index (χ3v) is 15.0. The average Bonchev–Trinajstić information content (AvgIpc) is 3.39. The van der Waals surface area contributed by atoms with Crippen molar-refractivity contribution in [2.45, 2.75) is 296 Å². The molecule has 2 unspecified atom stereocenters. The van der Waals surface area contributed by atoms with Gasteiger partial charge in [0.25, 0.3) is 0 Å². The summed E-state index contributed by atoms with van der Waals surface area (Å²) in [7, 11) is 1.47. The summed E-state index contributed by atoms with van der Waals surface area (Å²) in [5.41, 5.74) is 0. The molecule has 0 rings (SSSR count). The van der Waals surface area contributed by atoms with Crippen LogP contribution < -0.4 is 0 Å². The molecule has 0 aliphatic heterocycles. The summed E-state index contributed by atoms with van der Waals surface area (Å²) in [5, 5.41) is 0. The van der Waals surface area contributed by atoms with Crippen molar-refractivity contribution >= 4 is 19.8 Å². The van der Waals surface area contributed by atoms with E-state index >= 15 is 0 Å². The highest BCUT2D eigenvalue weighted by Crippen LogP contribution is 2.43. The van der Waals surface area contributed by atoms with E-state index in [1.165, 1.54) is 161 Å². The Balaban J connectivity index is 4.11. The number of nitrogens with zero attached hydrogens (tertiary/aromatic N) is 1. The van der Waals surface area contributed by atoms with Crippen LogP contribution in [0.1, 0.15) is 290 Å². The van der Waals surface area contributed by atoms with Crippen molar-refractivity contribution in [3.8, 4) is 0 Å². The van der Waals surface area contributed by atoms with Crippen molar-refractivity contribution in [3.63, 3.8) is 0 Å². The van der Waals surface area contributed by atoms with Gasteiger partial charge < -0.3 is 18.9 Å². The molecule has 0 aromatic carbocycles. The normalized spacial score (nSPS) is 13.7. The predicted octanol–water partition coefficient (Wildman–Crippen LogP) is 20.4. The number of carbonyl (C=O) groups excluding carboxylic acids is 2. The largest absolute Gasteiger partial charge is 0.472 e. The summed E-state index contributed by atoms with van der Waals surface area (Å²) in [6.45, 7) is 4.34. The molecule has 9 nitrogen and oxygen atoms in total. The lowest BCUT2D eigenvalue weighted by atomic mass is 10.0. The maximum Gasteiger partial charge on any atom is 0.472 e. The fourth-order valence-electron chi connectivity index (χ4n) is 9.08. The quantitative estimate of drug-likeness (QED) is 0.0211. The first-order chi connectivity index (χ1) is 37.5. The molecule has 0 heterocycles. The molecule has 0 aromatic heterocycles. The Morgan fingerprint density at radius 2 is 0.740 bits per heavy atom. The van der Waals surface area contributed by atoms with Gasteiger partial charge in [-0.2, -0.15) is 0 Å². The molecule has 0 fully saturated rings. The Hall–Kier alpha value is -2.55. The molecule has 10 heteroatoms. The van der Waals surface area contributed by atoms with Gasteiger partial charge in [0.15, 0.2) is 6.10 Å². The second-order valence-corrected chi connectivity index (χ2v) is 24.2. The van der Waals surface area contributed by atoms with Crippen LogP contribution in [0.25, 0.3) is 0 Å². The molecule has 77 heavy (non-hydrogen) atoms. The average molecular weight is 1100 g/mol. The van der Waals surface area contributed by atoms with E-state index in [1.54, 1.807) is 0 Å². The standard InChI is InChI=1S/C67H122NO8P/c1-6-8-10-12-14-16-18-20-22-24-26-28-30-32-33-34-36-37-39-41-43-45-47-49-51-53-55-57-59-66(69)73-63-65(64-75-77(71,72)74-62-61-68(3,4)5)76-67(70)60-58-56-54-52-50-48-46-44-42-40-38-35-31-29-27-25-23-21-19-17-15-13-11-9-7-2/h9,11,15,17,21,23,27,29,35,38,42,44,65H,6-8,10,12-14,16,18-20,22,24-26,28,30-34,36-37,39-41,43,45-64H2,1-5H3/p+1/b11-9-,17-15-,23-21-,29-27-,38-35-,44-42-. The van der Waals surface area contributed by atoms with Gasteiger partial charge in [-0.15, -0.1) is 0 Å². The topological polar surface area (TPSA) is 108 Å². The van der Waals surface area contributed by atoms with Gasteiger partial charge in [0.1, 0.15) is 19.8 Å². The van der Waals surface area contributed by atoms with Crippen molar-refractivity contribution < 1.29 is 42.1 Å². The fourth-order valence-corrected chi connectivity index (χ4v) is 9.82. The van der Waals surface area contributed by atoms with Crippen molar-refractivity contribution in [1.29, 1.82) is 0 Å². The van der Waals surface area contributed by atoms with Crippen LogP contribution in [0.15, 0.2) is 72.9 Å². The third-order valence-electron chi connectivity index (χ3n) is 14.0. The number of hydrogen-bond donors (Lipinski definition) is 1. The van der Waals surface area contributed by atoms with Crippen LogP contribution >= 0.6 is 7.82 Å². The van der Waals surface area contributed by atoms with Gasteiger partial charge in [0.05, 0.1) is 27.7 Å². The number of ether oxygens (including phenoxy) is 2. The summed E-state index contributed by atoms with van der Waals surface area (Å²) in [5.74, 6) is -0.806. The number of unbranched alkanes of at least 4 members (excludes halogenated alkanes) is 33. The summed E-state index contributed by atoms with van der Waals surface area (Å²) in [4.78, 5) is 35.8. The van der Waals surface area contributed by atoms with E-state index in [1.807, 2.05) is 21.1 Å². The molecule has 1 N–H and O–H groups in total. The number of phosphoric ester groups is 1. The number of phosphoric acid groups is 1. The molecule has 0 spiro atoms. The molecule has 0 aliphatic carbocycles. The molecular weight excluding hydrogens is 978 g/mol. The fraction of sp³-hybridized carbons (Fsp3) is 0.791. The molecule has 0 aromatic rings. The molecule has 0 aliphatic rings. The van der Waals surface area contributed by atoms with Gasteiger partial charge in [0.2, 0.25) is 0 Å². The molecule has 0 radical (unpaired) electrons. The van der Waals surface area contributed by atoms with E-state index < -0.39 is 26.5 Å². The number of hydrogen-bond acceptors (Lipinski definition) is 7. The first-order valence-corrected chi connectivity index (χ1v) is 33.7. The molecule has 0 saturated carbocycles. The van der Waals surface area contributed by atoms with E-state index in [0.717, 1.165) is 96.3 Å². The van der Waals surface area contributed by atoms with Crippen molar-refractivity contribution in [3.05, 3.63) is 72.9 Å².